The maximum atomic E-state index is 8.59. The molecule has 1 aliphatic carbocycles. The van der Waals surface area contributed by atoms with Crippen LogP contribution in [0.25, 0.3) is 0 Å². The Hall–Kier alpha value is -0.770. The lowest BCUT2D eigenvalue weighted by Crippen LogP contribution is -2.36. The highest BCUT2D eigenvalue weighted by Gasteiger charge is 2.29. The SMILES string of the molecule is CCCCN(CC(C)/C(N)=N/O)C1CC1. The van der Waals surface area contributed by atoms with E-state index in [-0.39, 0.29) is 5.92 Å². The Morgan fingerprint density at radius 2 is 2.27 bits per heavy atom. The van der Waals surface area contributed by atoms with Crippen molar-refractivity contribution in [2.24, 2.45) is 16.8 Å². The van der Waals surface area contributed by atoms with Gasteiger partial charge in [-0.05, 0) is 25.8 Å². The first-order valence-corrected chi connectivity index (χ1v) is 5.90. The molecule has 1 saturated carbocycles. The van der Waals surface area contributed by atoms with Crippen LogP contribution in [0.15, 0.2) is 5.16 Å². The van der Waals surface area contributed by atoms with Crippen molar-refractivity contribution in [1.29, 1.82) is 0 Å². The molecule has 0 aromatic rings. The summed E-state index contributed by atoms with van der Waals surface area (Å²) in [6.07, 6.45) is 5.08. The van der Waals surface area contributed by atoms with Gasteiger partial charge < -0.3 is 10.9 Å². The molecule has 4 nitrogen and oxygen atoms in total. The third-order valence-electron chi connectivity index (χ3n) is 2.99. The summed E-state index contributed by atoms with van der Waals surface area (Å²) >= 11 is 0. The number of hydrogen-bond donors (Lipinski definition) is 2. The second-order valence-corrected chi connectivity index (χ2v) is 4.51. The predicted octanol–water partition coefficient (Wildman–Crippen LogP) is 1.63. The number of amidine groups is 1. The first-order valence-electron chi connectivity index (χ1n) is 5.90. The van der Waals surface area contributed by atoms with Gasteiger partial charge in [-0.2, -0.15) is 0 Å². The fourth-order valence-electron chi connectivity index (χ4n) is 1.77. The molecular weight excluding hydrogens is 190 g/mol. The Bertz CT molecular complexity index is 214. The van der Waals surface area contributed by atoms with E-state index in [9.17, 15) is 0 Å². The zero-order valence-corrected chi connectivity index (χ0v) is 9.82. The molecule has 0 aromatic heterocycles. The minimum absolute atomic E-state index is 0.146. The van der Waals surface area contributed by atoms with Crippen LogP contribution >= 0.6 is 0 Å². The minimum Gasteiger partial charge on any atom is -0.409 e. The average molecular weight is 213 g/mol. The Balaban J connectivity index is 2.36. The first kappa shape index (κ1) is 12.3. The molecule has 0 radical (unpaired) electrons. The number of rotatable bonds is 7. The molecule has 1 rings (SSSR count). The molecule has 1 aliphatic rings. The second-order valence-electron chi connectivity index (χ2n) is 4.51. The van der Waals surface area contributed by atoms with Gasteiger partial charge >= 0.3 is 0 Å². The van der Waals surface area contributed by atoms with Gasteiger partial charge in [-0.1, -0.05) is 25.4 Å². The van der Waals surface area contributed by atoms with Crippen molar-refractivity contribution in [3.05, 3.63) is 0 Å². The number of oxime groups is 1. The van der Waals surface area contributed by atoms with Crippen LogP contribution in [0.1, 0.15) is 39.5 Å². The molecule has 0 spiro atoms. The lowest BCUT2D eigenvalue weighted by molar-refractivity contribution is 0.240. The lowest BCUT2D eigenvalue weighted by atomic mass is 10.1. The molecular formula is C11H23N3O. The highest BCUT2D eigenvalue weighted by atomic mass is 16.4. The summed E-state index contributed by atoms with van der Waals surface area (Å²) < 4.78 is 0. The van der Waals surface area contributed by atoms with Crippen molar-refractivity contribution in [1.82, 2.24) is 4.90 Å². The molecule has 0 aliphatic heterocycles. The van der Waals surface area contributed by atoms with Crippen molar-refractivity contribution >= 4 is 5.84 Å². The highest BCUT2D eigenvalue weighted by Crippen LogP contribution is 2.27. The number of hydrogen-bond acceptors (Lipinski definition) is 3. The predicted molar refractivity (Wildman–Crippen MR) is 62.1 cm³/mol. The van der Waals surface area contributed by atoms with Crippen LogP contribution in [-0.4, -0.2) is 35.1 Å². The molecule has 1 fully saturated rings. The lowest BCUT2D eigenvalue weighted by Gasteiger charge is -2.24. The molecule has 0 heterocycles. The third-order valence-corrected chi connectivity index (χ3v) is 2.99. The van der Waals surface area contributed by atoms with Gasteiger partial charge in [0.1, 0.15) is 5.84 Å². The maximum absolute atomic E-state index is 8.59. The van der Waals surface area contributed by atoms with E-state index in [1.165, 1.54) is 25.7 Å². The monoisotopic (exact) mass is 213 g/mol. The van der Waals surface area contributed by atoms with Gasteiger partial charge in [0.05, 0.1) is 0 Å². The van der Waals surface area contributed by atoms with Gasteiger partial charge in [0, 0.05) is 18.5 Å². The second kappa shape index (κ2) is 5.95. The molecule has 0 bridgehead atoms. The summed E-state index contributed by atoms with van der Waals surface area (Å²) in [7, 11) is 0. The summed E-state index contributed by atoms with van der Waals surface area (Å²) in [5.41, 5.74) is 5.59. The molecule has 0 aromatic carbocycles. The van der Waals surface area contributed by atoms with Crippen LogP contribution in [-0.2, 0) is 0 Å². The minimum atomic E-state index is 0.146. The quantitative estimate of drug-likeness (QED) is 0.292. The maximum Gasteiger partial charge on any atom is 0.143 e. The topological polar surface area (TPSA) is 61.8 Å². The van der Waals surface area contributed by atoms with E-state index in [4.69, 9.17) is 10.9 Å². The van der Waals surface area contributed by atoms with Crippen LogP contribution in [0, 0.1) is 5.92 Å². The van der Waals surface area contributed by atoms with Gasteiger partial charge in [-0.25, -0.2) is 0 Å². The van der Waals surface area contributed by atoms with Crippen LogP contribution in [0.4, 0.5) is 0 Å². The van der Waals surface area contributed by atoms with E-state index in [0.29, 0.717) is 5.84 Å². The van der Waals surface area contributed by atoms with E-state index in [0.717, 1.165) is 19.1 Å². The molecule has 3 N–H and O–H groups in total. The zero-order valence-electron chi connectivity index (χ0n) is 9.82. The number of nitrogens with two attached hydrogens (primary N) is 1. The summed E-state index contributed by atoms with van der Waals surface area (Å²) in [5, 5.41) is 11.7. The molecule has 0 amide bonds. The van der Waals surface area contributed by atoms with E-state index < -0.39 is 0 Å². The fraction of sp³-hybridized carbons (Fsp3) is 0.909. The molecule has 88 valence electrons. The standard InChI is InChI=1S/C11H23N3O/c1-3-4-7-14(10-5-6-10)8-9(2)11(12)13-15/h9-10,15H,3-8H2,1-2H3,(H2,12,13). The molecule has 1 unspecified atom stereocenters. The molecule has 4 heteroatoms. The van der Waals surface area contributed by atoms with Crippen LogP contribution in [0.3, 0.4) is 0 Å². The molecule has 15 heavy (non-hydrogen) atoms. The van der Waals surface area contributed by atoms with Crippen molar-refractivity contribution in [3.63, 3.8) is 0 Å². The highest BCUT2D eigenvalue weighted by molar-refractivity contribution is 5.82. The largest absolute Gasteiger partial charge is 0.409 e. The van der Waals surface area contributed by atoms with Gasteiger partial charge in [0.2, 0.25) is 0 Å². The molecule has 1 atom stereocenters. The molecule has 0 saturated heterocycles. The third kappa shape index (κ3) is 4.08. The van der Waals surface area contributed by atoms with Crippen LogP contribution < -0.4 is 5.73 Å². The Morgan fingerprint density at radius 1 is 1.60 bits per heavy atom. The van der Waals surface area contributed by atoms with Crippen LogP contribution in [0.5, 0.6) is 0 Å². The summed E-state index contributed by atoms with van der Waals surface area (Å²) in [6, 6.07) is 0.755. The van der Waals surface area contributed by atoms with E-state index in [2.05, 4.69) is 17.0 Å². The normalized spacial score (nSPS) is 19.5. The zero-order chi connectivity index (χ0) is 11.3. The van der Waals surface area contributed by atoms with Gasteiger partial charge in [-0.15, -0.1) is 0 Å². The van der Waals surface area contributed by atoms with Gasteiger partial charge in [-0.3, -0.25) is 4.90 Å². The fourth-order valence-corrected chi connectivity index (χ4v) is 1.77. The Morgan fingerprint density at radius 3 is 2.73 bits per heavy atom. The number of nitrogens with zero attached hydrogens (tertiary/aromatic N) is 2. The van der Waals surface area contributed by atoms with Gasteiger partial charge in [0.15, 0.2) is 0 Å². The average Bonchev–Trinajstić information content (AvgIpc) is 3.06. The van der Waals surface area contributed by atoms with Crippen molar-refractivity contribution < 1.29 is 5.21 Å². The van der Waals surface area contributed by atoms with E-state index >= 15 is 0 Å². The Kier molecular flexibility index (Phi) is 4.88. The van der Waals surface area contributed by atoms with Crippen molar-refractivity contribution in [2.45, 2.75) is 45.6 Å². The van der Waals surface area contributed by atoms with Crippen molar-refractivity contribution in [3.8, 4) is 0 Å². The van der Waals surface area contributed by atoms with Gasteiger partial charge in [0.25, 0.3) is 0 Å². The van der Waals surface area contributed by atoms with E-state index in [1.807, 2.05) is 6.92 Å². The van der Waals surface area contributed by atoms with Crippen molar-refractivity contribution in [2.75, 3.05) is 13.1 Å². The summed E-state index contributed by atoms with van der Waals surface area (Å²) in [5.74, 6) is 0.490. The number of unbranched alkanes of at least 4 members (excludes halogenated alkanes) is 1. The smallest absolute Gasteiger partial charge is 0.143 e. The summed E-state index contributed by atoms with van der Waals surface area (Å²) in [4.78, 5) is 2.48. The summed E-state index contributed by atoms with van der Waals surface area (Å²) in [6.45, 7) is 6.28. The first-order chi connectivity index (χ1) is 7.19. The van der Waals surface area contributed by atoms with E-state index in [1.54, 1.807) is 0 Å². The Labute approximate surface area is 92.1 Å². The van der Waals surface area contributed by atoms with Crippen LogP contribution in [0.2, 0.25) is 0 Å².